The number of esters is 5. The van der Waals surface area contributed by atoms with E-state index < -0.39 is 72.9 Å². The minimum Gasteiger partial charge on any atom is -0.463 e. The highest BCUT2D eigenvalue weighted by Gasteiger charge is 2.53. The highest BCUT2D eigenvalue weighted by molar-refractivity contribution is 5.97. The molecule has 0 amide bonds. The van der Waals surface area contributed by atoms with Crippen LogP contribution >= 0.6 is 0 Å². The van der Waals surface area contributed by atoms with Crippen molar-refractivity contribution in [1.29, 1.82) is 0 Å². The van der Waals surface area contributed by atoms with Gasteiger partial charge in [0.2, 0.25) is 12.4 Å². The van der Waals surface area contributed by atoms with E-state index in [1.54, 1.807) is 30.3 Å². The van der Waals surface area contributed by atoms with Gasteiger partial charge in [-0.1, -0.05) is 18.2 Å². The number of hydrogen-bond donors (Lipinski definition) is 0. The maximum atomic E-state index is 12.6. The van der Waals surface area contributed by atoms with Gasteiger partial charge in [0.25, 0.3) is 0 Å². The van der Waals surface area contributed by atoms with Gasteiger partial charge in [0.1, 0.15) is 24.2 Å². The lowest BCUT2D eigenvalue weighted by molar-refractivity contribution is -0.288. The quantitative estimate of drug-likeness (QED) is 0.173. The average molecular weight is 587 g/mol. The van der Waals surface area contributed by atoms with E-state index >= 15 is 0 Å². The standard InChI is InChI=1S/C29H30O13/c1-15(30)22-12-11-21(40-28(35)20-9-7-6-8-10-20)13-23(22)41-29-27(39-19(5)34)26(38-18(4)33)25(37-17(3)32)24(42-29)14-36-16(2)31/h6-13,24-27,29H,14H2,1-5H3. The molecule has 5 unspecified atom stereocenters. The first-order valence-electron chi connectivity index (χ1n) is 12.7. The van der Waals surface area contributed by atoms with E-state index in [4.69, 9.17) is 33.2 Å². The third kappa shape index (κ3) is 8.61. The molecule has 5 atom stereocenters. The highest BCUT2D eigenvalue weighted by Crippen LogP contribution is 2.34. The van der Waals surface area contributed by atoms with Crippen LogP contribution in [0.5, 0.6) is 11.5 Å². The van der Waals surface area contributed by atoms with Crippen LogP contribution in [0.1, 0.15) is 55.3 Å². The third-order valence-corrected chi connectivity index (χ3v) is 5.74. The Morgan fingerprint density at radius 3 is 1.88 bits per heavy atom. The molecule has 1 saturated heterocycles. The van der Waals surface area contributed by atoms with Crippen LogP contribution in [0, 0.1) is 0 Å². The molecule has 1 heterocycles. The van der Waals surface area contributed by atoms with Crippen molar-refractivity contribution in [3.63, 3.8) is 0 Å². The van der Waals surface area contributed by atoms with Gasteiger partial charge in [0, 0.05) is 33.8 Å². The van der Waals surface area contributed by atoms with Crippen LogP contribution in [0.25, 0.3) is 0 Å². The SMILES string of the molecule is CC(=O)OCC1OC(Oc2cc(OC(=O)c3ccccc3)ccc2C(C)=O)C(OC(C)=O)C(OC(C)=O)C1OC(C)=O. The minimum absolute atomic E-state index is 0.00878. The lowest BCUT2D eigenvalue weighted by Crippen LogP contribution is -2.63. The van der Waals surface area contributed by atoms with Crippen molar-refractivity contribution >= 4 is 35.6 Å². The Morgan fingerprint density at radius 2 is 1.31 bits per heavy atom. The molecule has 0 spiro atoms. The summed E-state index contributed by atoms with van der Waals surface area (Å²) in [6.45, 7) is 5.21. The van der Waals surface area contributed by atoms with Crippen LogP contribution in [-0.4, -0.2) is 72.9 Å². The van der Waals surface area contributed by atoms with Crippen molar-refractivity contribution in [3.05, 3.63) is 59.7 Å². The zero-order valence-electron chi connectivity index (χ0n) is 23.5. The molecule has 1 aliphatic rings. The molecule has 224 valence electrons. The Labute approximate surface area is 240 Å². The molecule has 0 aromatic heterocycles. The second-order valence-electron chi connectivity index (χ2n) is 9.16. The third-order valence-electron chi connectivity index (χ3n) is 5.74. The van der Waals surface area contributed by atoms with Crippen molar-refractivity contribution in [2.45, 2.75) is 65.3 Å². The van der Waals surface area contributed by atoms with Gasteiger partial charge in [-0.3, -0.25) is 24.0 Å². The summed E-state index contributed by atoms with van der Waals surface area (Å²) in [5.74, 6) is -4.36. The van der Waals surface area contributed by atoms with Crippen molar-refractivity contribution in [2.24, 2.45) is 0 Å². The maximum absolute atomic E-state index is 12.6. The number of ketones is 1. The Kier molecular flexibility index (Phi) is 10.7. The molecular formula is C29H30O13. The second kappa shape index (κ2) is 14.2. The van der Waals surface area contributed by atoms with Crippen LogP contribution < -0.4 is 9.47 Å². The lowest BCUT2D eigenvalue weighted by atomic mass is 9.98. The van der Waals surface area contributed by atoms with Gasteiger partial charge < -0.3 is 33.2 Å². The summed E-state index contributed by atoms with van der Waals surface area (Å²) in [5.41, 5.74) is 0.317. The first-order chi connectivity index (χ1) is 19.8. The molecule has 13 heteroatoms. The van der Waals surface area contributed by atoms with Crippen molar-refractivity contribution < 1.29 is 61.9 Å². The Hall–Kier alpha value is -4.78. The fraction of sp³-hybridized carbons (Fsp3) is 0.379. The van der Waals surface area contributed by atoms with Gasteiger partial charge in [0.05, 0.1) is 11.1 Å². The predicted octanol–water partition coefficient (Wildman–Crippen LogP) is 2.57. The molecular weight excluding hydrogens is 556 g/mol. The summed E-state index contributed by atoms with van der Waals surface area (Å²) in [5, 5.41) is 0. The molecule has 0 saturated carbocycles. The van der Waals surface area contributed by atoms with E-state index in [1.807, 2.05) is 0 Å². The molecule has 1 aliphatic heterocycles. The molecule has 2 aromatic carbocycles. The maximum Gasteiger partial charge on any atom is 0.343 e. The highest BCUT2D eigenvalue weighted by atomic mass is 16.7. The molecule has 0 radical (unpaired) electrons. The fourth-order valence-corrected chi connectivity index (χ4v) is 4.10. The first-order valence-corrected chi connectivity index (χ1v) is 12.7. The number of carbonyl (C=O) groups is 6. The predicted molar refractivity (Wildman–Crippen MR) is 140 cm³/mol. The normalized spacial score (nSPS) is 21.3. The number of ether oxygens (including phenoxy) is 7. The van der Waals surface area contributed by atoms with Crippen LogP contribution in [-0.2, 0) is 42.9 Å². The van der Waals surface area contributed by atoms with Crippen LogP contribution in [0.3, 0.4) is 0 Å². The van der Waals surface area contributed by atoms with Crippen LogP contribution in [0.15, 0.2) is 48.5 Å². The van der Waals surface area contributed by atoms with Gasteiger partial charge in [0.15, 0.2) is 18.0 Å². The molecule has 13 nitrogen and oxygen atoms in total. The lowest BCUT2D eigenvalue weighted by Gasteiger charge is -2.44. The number of Topliss-reactive ketones (excluding diaryl/α,β-unsaturated/α-hetero) is 1. The molecule has 0 bridgehead atoms. The molecule has 42 heavy (non-hydrogen) atoms. The summed E-state index contributed by atoms with van der Waals surface area (Å²) in [6, 6.07) is 12.2. The van der Waals surface area contributed by atoms with Gasteiger partial charge in [-0.05, 0) is 31.2 Å². The fourth-order valence-electron chi connectivity index (χ4n) is 4.10. The van der Waals surface area contributed by atoms with Gasteiger partial charge in [-0.15, -0.1) is 0 Å². The zero-order chi connectivity index (χ0) is 31.0. The van der Waals surface area contributed by atoms with Crippen molar-refractivity contribution in [2.75, 3.05) is 6.61 Å². The monoisotopic (exact) mass is 586 g/mol. The van der Waals surface area contributed by atoms with Gasteiger partial charge >= 0.3 is 29.8 Å². The summed E-state index contributed by atoms with van der Waals surface area (Å²) in [4.78, 5) is 72.7. The molecule has 3 rings (SSSR count). The zero-order valence-corrected chi connectivity index (χ0v) is 23.5. The van der Waals surface area contributed by atoms with Gasteiger partial charge in [-0.25, -0.2) is 4.79 Å². The number of carbonyl (C=O) groups excluding carboxylic acids is 6. The molecule has 0 aliphatic carbocycles. The van der Waals surface area contributed by atoms with E-state index in [2.05, 4.69) is 0 Å². The van der Waals surface area contributed by atoms with Crippen molar-refractivity contribution in [1.82, 2.24) is 0 Å². The van der Waals surface area contributed by atoms with E-state index in [0.717, 1.165) is 27.7 Å². The molecule has 0 N–H and O–H groups in total. The summed E-state index contributed by atoms with van der Waals surface area (Å²) in [7, 11) is 0. The Bertz CT molecular complexity index is 1340. The van der Waals surface area contributed by atoms with E-state index in [9.17, 15) is 28.8 Å². The summed E-state index contributed by atoms with van der Waals surface area (Å²) in [6.07, 6.45) is -7.25. The van der Waals surface area contributed by atoms with Crippen LogP contribution in [0.4, 0.5) is 0 Å². The topological polar surface area (TPSA) is 167 Å². The minimum atomic E-state index is -1.59. The number of benzene rings is 2. The summed E-state index contributed by atoms with van der Waals surface area (Å²) < 4.78 is 38.6. The van der Waals surface area contributed by atoms with E-state index in [0.29, 0.717) is 0 Å². The largest absolute Gasteiger partial charge is 0.463 e. The molecule has 1 fully saturated rings. The van der Waals surface area contributed by atoms with Crippen molar-refractivity contribution in [3.8, 4) is 11.5 Å². The Morgan fingerprint density at radius 1 is 0.714 bits per heavy atom. The smallest absolute Gasteiger partial charge is 0.343 e. The molecule has 2 aromatic rings. The summed E-state index contributed by atoms with van der Waals surface area (Å²) >= 11 is 0. The Balaban J connectivity index is 2.03. The first kappa shape index (κ1) is 31.7. The average Bonchev–Trinajstić information content (AvgIpc) is 2.90. The van der Waals surface area contributed by atoms with E-state index in [1.165, 1.54) is 25.1 Å². The van der Waals surface area contributed by atoms with Crippen LogP contribution in [0.2, 0.25) is 0 Å². The van der Waals surface area contributed by atoms with E-state index in [-0.39, 0.29) is 22.6 Å². The van der Waals surface area contributed by atoms with Gasteiger partial charge in [-0.2, -0.15) is 0 Å². The number of hydrogen-bond acceptors (Lipinski definition) is 13. The number of rotatable bonds is 10. The second-order valence-corrected chi connectivity index (χ2v) is 9.16.